The van der Waals surface area contributed by atoms with Crippen LogP contribution in [0, 0.1) is 11.7 Å². The zero-order valence-corrected chi connectivity index (χ0v) is 14.4. The Hall–Kier alpha value is -2.83. The third kappa shape index (κ3) is 4.84. The van der Waals surface area contributed by atoms with Crippen molar-refractivity contribution in [3.63, 3.8) is 0 Å². The lowest BCUT2D eigenvalue weighted by Gasteiger charge is -2.31. The Morgan fingerprint density at radius 1 is 1.19 bits per heavy atom. The van der Waals surface area contributed by atoms with E-state index in [4.69, 9.17) is 4.74 Å². The minimum absolute atomic E-state index is 0.115. The number of likely N-dealkylation sites (tertiary alicyclic amines) is 1. The van der Waals surface area contributed by atoms with Crippen molar-refractivity contribution in [2.45, 2.75) is 19.4 Å². The third-order valence-corrected chi connectivity index (χ3v) is 4.54. The molecule has 6 nitrogen and oxygen atoms in total. The quantitative estimate of drug-likeness (QED) is 0.862. The third-order valence-electron chi connectivity index (χ3n) is 4.54. The molecule has 0 bridgehead atoms. The highest BCUT2D eigenvalue weighted by Gasteiger charge is 2.24. The summed E-state index contributed by atoms with van der Waals surface area (Å²) in [5, 5.41) is 2.91. The number of piperidine rings is 1. The van der Waals surface area contributed by atoms with Crippen LogP contribution in [0.4, 0.5) is 9.18 Å². The van der Waals surface area contributed by atoms with E-state index < -0.39 is 0 Å². The number of carbonyl (C=O) groups is 2. The zero-order chi connectivity index (χ0) is 18.4. The first-order valence-corrected chi connectivity index (χ1v) is 8.69. The standard InChI is InChI=1S/C19H22FN3O3/c20-16-5-3-15(4-6-16)13-26-19(25)23-10-7-14(8-11-23)12-22-18(24)17-2-1-9-21-17/h1-6,9,14,21H,7-8,10-13H2,(H,22,24). The van der Waals surface area contributed by atoms with E-state index >= 15 is 0 Å². The second-order valence-electron chi connectivity index (χ2n) is 6.41. The van der Waals surface area contributed by atoms with Crippen molar-refractivity contribution in [3.05, 3.63) is 59.7 Å². The van der Waals surface area contributed by atoms with Gasteiger partial charge in [0, 0.05) is 25.8 Å². The molecule has 0 unspecified atom stereocenters. The van der Waals surface area contributed by atoms with Crippen LogP contribution in [0.1, 0.15) is 28.9 Å². The second kappa shape index (κ2) is 8.51. The van der Waals surface area contributed by atoms with Gasteiger partial charge in [-0.25, -0.2) is 9.18 Å². The van der Waals surface area contributed by atoms with E-state index in [-0.39, 0.29) is 24.4 Å². The highest BCUT2D eigenvalue weighted by molar-refractivity contribution is 5.92. The molecule has 2 N–H and O–H groups in total. The molecular formula is C19H22FN3O3. The summed E-state index contributed by atoms with van der Waals surface area (Å²) in [5.74, 6) is -0.0864. The summed E-state index contributed by atoms with van der Waals surface area (Å²) in [4.78, 5) is 28.6. The number of benzene rings is 1. The Morgan fingerprint density at radius 3 is 2.58 bits per heavy atom. The Labute approximate surface area is 151 Å². The van der Waals surface area contributed by atoms with Gasteiger partial charge in [0.05, 0.1) is 0 Å². The van der Waals surface area contributed by atoms with Gasteiger partial charge in [-0.15, -0.1) is 0 Å². The Bertz CT molecular complexity index is 723. The van der Waals surface area contributed by atoms with Crippen molar-refractivity contribution in [1.82, 2.24) is 15.2 Å². The summed E-state index contributed by atoms with van der Waals surface area (Å²) in [6.45, 7) is 1.93. The number of rotatable bonds is 5. The molecule has 2 heterocycles. The molecule has 2 aromatic rings. The highest BCUT2D eigenvalue weighted by atomic mass is 19.1. The summed E-state index contributed by atoms with van der Waals surface area (Å²) in [6, 6.07) is 9.40. The van der Waals surface area contributed by atoms with Crippen molar-refractivity contribution in [1.29, 1.82) is 0 Å². The van der Waals surface area contributed by atoms with Crippen LogP contribution in [0.3, 0.4) is 0 Å². The van der Waals surface area contributed by atoms with Gasteiger partial charge in [-0.3, -0.25) is 4.79 Å². The number of hydrogen-bond acceptors (Lipinski definition) is 3. The summed E-state index contributed by atoms with van der Waals surface area (Å²) >= 11 is 0. The SMILES string of the molecule is O=C(NCC1CCN(C(=O)OCc2ccc(F)cc2)CC1)c1ccc[nH]1. The van der Waals surface area contributed by atoms with E-state index in [1.165, 1.54) is 12.1 Å². The monoisotopic (exact) mass is 359 g/mol. The van der Waals surface area contributed by atoms with Crippen LogP contribution < -0.4 is 5.32 Å². The molecule has 1 aromatic heterocycles. The van der Waals surface area contributed by atoms with E-state index in [0.717, 1.165) is 18.4 Å². The second-order valence-corrected chi connectivity index (χ2v) is 6.41. The molecule has 1 aliphatic rings. The molecule has 0 atom stereocenters. The van der Waals surface area contributed by atoms with E-state index in [2.05, 4.69) is 10.3 Å². The predicted octanol–water partition coefficient (Wildman–Crippen LogP) is 2.93. The maximum Gasteiger partial charge on any atom is 0.410 e. The summed E-state index contributed by atoms with van der Waals surface area (Å²) < 4.78 is 18.1. The maximum atomic E-state index is 12.9. The van der Waals surface area contributed by atoms with Crippen molar-refractivity contribution >= 4 is 12.0 Å². The summed E-state index contributed by atoms with van der Waals surface area (Å²) in [7, 11) is 0. The van der Waals surface area contributed by atoms with Crippen LogP contribution in [-0.4, -0.2) is 41.5 Å². The normalized spacial score (nSPS) is 14.9. The molecule has 3 rings (SSSR count). The number of carbonyl (C=O) groups excluding carboxylic acids is 2. The van der Waals surface area contributed by atoms with Gasteiger partial charge in [-0.05, 0) is 48.6 Å². The molecule has 0 aliphatic carbocycles. The average molecular weight is 359 g/mol. The molecular weight excluding hydrogens is 337 g/mol. The first kappa shape index (κ1) is 18.0. The molecule has 26 heavy (non-hydrogen) atoms. The number of hydrogen-bond donors (Lipinski definition) is 2. The summed E-state index contributed by atoms with van der Waals surface area (Å²) in [5.41, 5.74) is 1.30. The van der Waals surface area contributed by atoms with E-state index in [9.17, 15) is 14.0 Å². The maximum absolute atomic E-state index is 12.9. The lowest BCUT2D eigenvalue weighted by Crippen LogP contribution is -2.41. The fraction of sp³-hybridized carbons (Fsp3) is 0.368. The van der Waals surface area contributed by atoms with Crippen LogP contribution in [0.15, 0.2) is 42.6 Å². The number of ether oxygens (including phenoxy) is 1. The number of nitrogens with one attached hydrogen (secondary N) is 2. The molecule has 7 heteroatoms. The van der Waals surface area contributed by atoms with Crippen LogP contribution in [-0.2, 0) is 11.3 Å². The molecule has 0 radical (unpaired) electrons. The van der Waals surface area contributed by atoms with Crippen LogP contribution in [0.25, 0.3) is 0 Å². The van der Waals surface area contributed by atoms with Crippen molar-refractivity contribution < 1.29 is 18.7 Å². The molecule has 0 saturated carbocycles. The van der Waals surface area contributed by atoms with Crippen molar-refractivity contribution in [2.24, 2.45) is 5.92 Å². The van der Waals surface area contributed by atoms with Gasteiger partial charge >= 0.3 is 6.09 Å². The minimum Gasteiger partial charge on any atom is -0.445 e. The minimum atomic E-state index is -0.358. The molecule has 1 saturated heterocycles. The fourth-order valence-corrected chi connectivity index (χ4v) is 2.94. The Kier molecular flexibility index (Phi) is 5.88. The van der Waals surface area contributed by atoms with Gasteiger partial charge in [-0.1, -0.05) is 12.1 Å². The highest BCUT2D eigenvalue weighted by Crippen LogP contribution is 2.17. The fourth-order valence-electron chi connectivity index (χ4n) is 2.94. The largest absolute Gasteiger partial charge is 0.445 e. The lowest BCUT2D eigenvalue weighted by atomic mass is 9.97. The molecule has 1 fully saturated rings. The first-order chi connectivity index (χ1) is 12.6. The van der Waals surface area contributed by atoms with Gasteiger partial charge < -0.3 is 19.9 Å². The average Bonchev–Trinajstić information content (AvgIpc) is 3.21. The lowest BCUT2D eigenvalue weighted by molar-refractivity contribution is 0.0800. The number of amides is 2. The van der Waals surface area contributed by atoms with E-state index in [0.29, 0.717) is 31.2 Å². The van der Waals surface area contributed by atoms with Crippen LogP contribution in [0.5, 0.6) is 0 Å². The zero-order valence-electron chi connectivity index (χ0n) is 14.4. The molecule has 2 amide bonds. The Balaban J connectivity index is 1.37. The van der Waals surface area contributed by atoms with Crippen molar-refractivity contribution in [2.75, 3.05) is 19.6 Å². The number of H-pyrrole nitrogens is 1. The van der Waals surface area contributed by atoms with Gasteiger partial charge in [0.2, 0.25) is 0 Å². The molecule has 1 aromatic carbocycles. The summed E-state index contributed by atoms with van der Waals surface area (Å²) in [6.07, 6.45) is 2.99. The van der Waals surface area contributed by atoms with E-state index in [1.54, 1.807) is 35.4 Å². The molecule has 138 valence electrons. The number of halogens is 1. The number of aromatic nitrogens is 1. The van der Waals surface area contributed by atoms with Crippen LogP contribution in [0.2, 0.25) is 0 Å². The smallest absolute Gasteiger partial charge is 0.410 e. The first-order valence-electron chi connectivity index (χ1n) is 8.69. The van der Waals surface area contributed by atoms with Gasteiger partial charge in [0.15, 0.2) is 0 Å². The van der Waals surface area contributed by atoms with Gasteiger partial charge in [0.25, 0.3) is 5.91 Å². The molecule has 0 spiro atoms. The topological polar surface area (TPSA) is 74.4 Å². The van der Waals surface area contributed by atoms with Crippen LogP contribution >= 0.6 is 0 Å². The van der Waals surface area contributed by atoms with Crippen molar-refractivity contribution in [3.8, 4) is 0 Å². The van der Waals surface area contributed by atoms with Gasteiger partial charge in [0.1, 0.15) is 18.1 Å². The predicted molar refractivity (Wildman–Crippen MR) is 94.0 cm³/mol. The molecule has 1 aliphatic heterocycles. The number of aromatic amines is 1. The number of nitrogens with zero attached hydrogens (tertiary/aromatic N) is 1. The van der Waals surface area contributed by atoms with Gasteiger partial charge in [-0.2, -0.15) is 0 Å². The Morgan fingerprint density at radius 2 is 1.92 bits per heavy atom. The van der Waals surface area contributed by atoms with E-state index in [1.807, 2.05) is 0 Å².